The summed E-state index contributed by atoms with van der Waals surface area (Å²) in [5, 5.41) is 23.2. The first-order valence-corrected chi connectivity index (χ1v) is 14.0. The molecule has 1 aromatic rings. The highest BCUT2D eigenvalue weighted by atomic mass is 16.6. The minimum Gasteiger partial charge on any atom is -0.504 e. The third-order valence-electron chi connectivity index (χ3n) is 11.3. The Labute approximate surface area is 210 Å². The second-order valence-electron chi connectivity index (χ2n) is 14.5. The van der Waals surface area contributed by atoms with Gasteiger partial charge in [-0.2, -0.15) is 0 Å². The minimum atomic E-state index is -0.862. The molecule has 0 amide bonds. The molecule has 5 nitrogen and oxygen atoms in total. The SMILES string of the molecule is CO[C@]12CC[C@@]3(C[C@@H]1[C@](C)(O)CC(C)(C)C)[C@H]1Cc4ccc(O)c5c4[C@@]3(CCN1CC1CC1)[C@H]2O5. The number of piperidine rings is 1. The zero-order valence-electron chi connectivity index (χ0n) is 22.2. The van der Waals surface area contributed by atoms with Crippen molar-refractivity contribution in [3.05, 3.63) is 23.3 Å². The topological polar surface area (TPSA) is 62.2 Å². The van der Waals surface area contributed by atoms with Gasteiger partial charge in [0.05, 0.1) is 5.60 Å². The van der Waals surface area contributed by atoms with Gasteiger partial charge in [-0.1, -0.05) is 26.8 Å². The van der Waals surface area contributed by atoms with Gasteiger partial charge in [-0.25, -0.2) is 0 Å². The quantitative estimate of drug-likeness (QED) is 0.632. The molecule has 5 fully saturated rings. The van der Waals surface area contributed by atoms with Gasteiger partial charge in [0, 0.05) is 42.0 Å². The van der Waals surface area contributed by atoms with E-state index >= 15 is 0 Å². The standard InChI is InChI=1S/C30H43NO4/c1-26(2,3)17-27(4,33)21-15-28-10-11-30(21,34-5)25-29(28)12-13-31(16-18-6-7-18)22(28)14-19-8-9-20(32)24(35-25)23(19)29/h8-9,18,21-22,25,32-33H,6-7,10-17H2,1-5H3/t21-,22-,25-,27-,28-,29+,30-/m1/s1. The molecule has 35 heavy (non-hydrogen) atoms. The fourth-order valence-electron chi connectivity index (χ4n) is 10.3. The number of methoxy groups -OCH3 is 1. The number of benzene rings is 1. The van der Waals surface area contributed by atoms with E-state index < -0.39 is 11.2 Å². The van der Waals surface area contributed by atoms with E-state index in [0.29, 0.717) is 11.8 Å². The molecule has 2 heterocycles. The average Bonchev–Trinajstić information content (AvgIpc) is 3.52. The molecule has 2 spiro atoms. The molecular formula is C30H43NO4. The van der Waals surface area contributed by atoms with E-state index in [1.807, 2.05) is 13.2 Å². The summed E-state index contributed by atoms with van der Waals surface area (Å²) in [6.07, 6.45) is 8.41. The van der Waals surface area contributed by atoms with Crippen molar-refractivity contribution in [3.63, 3.8) is 0 Å². The van der Waals surface area contributed by atoms with Crippen LogP contribution in [-0.4, -0.2) is 58.7 Å². The summed E-state index contributed by atoms with van der Waals surface area (Å²) < 4.78 is 13.5. The van der Waals surface area contributed by atoms with Gasteiger partial charge in [-0.05, 0) is 87.8 Å². The van der Waals surface area contributed by atoms with Crippen molar-refractivity contribution in [1.82, 2.24) is 4.90 Å². The molecule has 2 N–H and O–H groups in total. The number of phenolic OH excluding ortho intramolecular Hbond substituents is 1. The lowest BCUT2D eigenvalue weighted by atomic mass is 9.33. The van der Waals surface area contributed by atoms with Gasteiger partial charge in [0.1, 0.15) is 11.7 Å². The second kappa shape index (κ2) is 6.76. The summed E-state index contributed by atoms with van der Waals surface area (Å²) in [6.45, 7) is 11.0. The van der Waals surface area contributed by atoms with E-state index in [0.717, 1.165) is 51.0 Å². The van der Waals surface area contributed by atoms with Crippen molar-refractivity contribution in [3.8, 4) is 11.5 Å². The lowest BCUT2D eigenvalue weighted by Crippen LogP contribution is -2.82. The molecule has 7 atom stereocenters. The van der Waals surface area contributed by atoms with Crippen LogP contribution in [0.1, 0.15) is 83.8 Å². The zero-order valence-corrected chi connectivity index (χ0v) is 22.2. The Hall–Kier alpha value is -1.30. The Balaban J connectivity index is 1.44. The van der Waals surface area contributed by atoms with Crippen LogP contribution in [-0.2, 0) is 16.6 Å². The minimum absolute atomic E-state index is 0.00696. The van der Waals surface area contributed by atoms with Gasteiger partial charge < -0.3 is 19.7 Å². The number of rotatable bonds is 5. The Bertz CT molecular complexity index is 1070. The molecule has 0 radical (unpaired) electrons. The summed E-state index contributed by atoms with van der Waals surface area (Å²) in [4.78, 5) is 2.83. The number of aliphatic hydroxyl groups is 1. The van der Waals surface area contributed by atoms with Gasteiger partial charge in [0.25, 0.3) is 0 Å². The number of fused-ring (bicyclic) bond motifs is 2. The van der Waals surface area contributed by atoms with Crippen molar-refractivity contribution in [2.24, 2.45) is 22.7 Å². The van der Waals surface area contributed by atoms with Crippen LogP contribution in [0.5, 0.6) is 11.5 Å². The summed E-state index contributed by atoms with van der Waals surface area (Å²) in [7, 11) is 1.84. The predicted molar refractivity (Wildman–Crippen MR) is 135 cm³/mol. The number of ether oxygens (including phenoxy) is 2. The number of phenols is 1. The van der Waals surface area contributed by atoms with Crippen molar-refractivity contribution in [2.45, 2.75) is 108 Å². The fourth-order valence-corrected chi connectivity index (χ4v) is 10.3. The van der Waals surface area contributed by atoms with Gasteiger partial charge in [0.15, 0.2) is 11.5 Å². The first-order valence-electron chi connectivity index (χ1n) is 14.0. The Kier molecular flexibility index (Phi) is 4.42. The van der Waals surface area contributed by atoms with E-state index in [2.05, 4.69) is 38.7 Å². The maximum atomic E-state index is 12.2. The van der Waals surface area contributed by atoms with E-state index in [1.165, 1.54) is 30.5 Å². The lowest BCUT2D eigenvalue weighted by Gasteiger charge is -2.75. The van der Waals surface area contributed by atoms with E-state index in [-0.39, 0.29) is 34.0 Å². The Morgan fingerprint density at radius 2 is 1.91 bits per heavy atom. The number of nitrogens with zero attached hydrogens (tertiary/aromatic N) is 1. The highest BCUT2D eigenvalue weighted by Gasteiger charge is 2.82. The number of likely N-dealkylation sites (tertiary alicyclic amines) is 1. The first kappa shape index (κ1) is 22.9. The van der Waals surface area contributed by atoms with Crippen molar-refractivity contribution in [1.29, 1.82) is 0 Å². The Morgan fingerprint density at radius 3 is 2.60 bits per heavy atom. The molecule has 0 unspecified atom stereocenters. The molecule has 2 aliphatic heterocycles. The third-order valence-corrected chi connectivity index (χ3v) is 11.3. The highest BCUT2D eigenvalue weighted by molar-refractivity contribution is 5.63. The van der Waals surface area contributed by atoms with Crippen LogP contribution in [0.25, 0.3) is 0 Å². The largest absolute Gasteiger partial charge is 0.504 e. The summed E-state index contributed by atoms with van der Waals surface area (Å²) in [6, 6.07) is 4.47. The molecule has 192 valence electrons. The molecule has 7 aliphatic rings. The fraction of sp³-hybridized carbons (Fsp3) is 0.800. The zero-order chi connectivity index (χ0) is 24.6. The molecule has 8 rings (SSSR count). The Morgan fingerprint density at radius 1 is 1.14 bits per heavy atom. The molecule has 0 aromatic heterocycles. The average molecular weight is 482 g/mol. The monoisotopic (exact) mass is 481 g/mol. The summed E-state index contributed by atoms with van der Waals surface area (Å²) >= 11 is 0. The molecule has 4 saturated carbocycles. The lowest BCUT2D eigenvalue weighted by molar-refractivity contribution is -0.304. The van der Waals surface area contributed by atoms with Gasteiger partial charge in [-0.3, -0.25) is 4.90 Å². The molecule has 5 aliphatic carbocycles. The maximum absolute atomic E-state index is 12.2. The summed E-state index contributed by atoms with van der Waals surface area (Å²) in [5.41, 5.74) is 1.16. The van der Waals surface area contributed by atoms with E-state index in [4.69, 9.17) is 9.47 Å². The first-order chi connectivity index (χ1) is 16.5. The van der Waals surface area contributed by atoms with E-state index in [1.54, 1.807) is 0 Å². The van der Waals surface area contributed by atoms with Crippen LogP contribution in [0.3, 0.4) is 0 Å². The number of aromatic hydroxyl groups is 1. The molecule has 5 heteroatoms. The van der Waals surface area contributed by atoms with Crippen LogP contribution in [0.2, 0.25) is 0 Å². The van der Waals surface area contributed by atoms with Crippen LogP contribution in [0.4, 0.5) is 0 Å². The van der Waals surface area contributed by atoms with Crippen LogP contribution in [0, 0.1) is 22.7 Å². The van der Waals surface area contributed by atoms with Crippen molar-refractivity contribution < 1.29 is 19.7 Å². The molecule has 1 aromatic carbocycles. The summed E-state index contributed by atoms with van der Waals surface area (Å²) in [5.74, 6) is 1.83. The van der Waals surface area contributed by atoms with Gasteiger partial charge in [-0.15, -0.1) is 0 Å². The smallest absolute Gasteiger partial charge is 0.165 e. The van der Waals surface area contributed by atoms with Crippen LogP contribution in [0.15, 0.2) is 12.1 Å². The van der Waals surface area contributed by atoms with E-state index in [9.17, 15) is 10.2 Å². The van der Waals surface area contributed by atoms with Gasteiger partial charge in [0.2, 0.25) is 0 Å². The number of hydrogen-bond acceptors (Lipinski definition) is 5. The molecule has 4 bridgehead atoms. The highest BCUT2D eigenvalue weighted by Crippen LogP contribution is 2.77. The predicted octanol–water partition coefficient (Wildman–Crippen LogP) is 4.80. The molecular weight excluding hydrogens is 438 g/mol. The maximum Gasteiger partial charge on any atom is 0.165 e. The van der Waals surface area contributed by atoms with Crippen molar-refractivity contribution >= 4 is 0 Å². The van der Waals surface area contributed by atoms with Crippen LogP contribution < -0.4 is 4.74 Å². The molecule has 1 saturated heterocycles. The normalized spacial score (nSPS) is 43.0. The van der Waals surface area contributed by atoms with Crippen LogP contribution >= 0.6 is 0 Å². The van der Waals surface area contributed by atoms with Gasteiger partial charge >= 0.3 is 0 Å². The third kappa shape index (κ3) is 2.71. The van der Waals surface area contributed by atoms with Crippen molar-refractivity contribution in [2.75, 3.05) is 20.2 Å². The number of hydrogen-bond donors (Lipinski definition) is 2. The second-order valence-corrected chi connectivity index (χ2v) is 14.5.